The SMILES string of the molecule is CC/C(=N/NC(N)=S)c1ccc(C)cc1. The molecule has 0 saturated heterocycles. The number of rotatable bonds is 3. The molecule has 0 radical (unpaired) electrons. The first-order chi connectivity index (χ1) is 7.13. The number of hydrazone groups is 1. The summed E-state index contributed by atoms with van der Waals surface area (Å²) in [6.45, 7) is 4.10. The molecule has 15 heavy (non-hydrogen) atoms. The molecule has 0 heterocycles. The van der Waals surface area contributed by atoms with Crippen LogP contribution in [0.25, 0.3) is 0 Å². The van der Waals surface area contributed by atoms with Crippen LogP contribution in [0.3, 0.4) is 0 Å². The summed E-state index contributed by atoms with van der Waals surface area (Å²) in [4.78, 5) is 0. The Bertz CT molecular complexity index is 368. The van der Waals surface area contributed by atoms with Gasteiger partial charge in [0.05, 0.1) is 5.71 Å². The van der Waals surface area contributed by atoms with Gasteiger partial charge in [0.2, 0.25) is 0 Å². The lowest BCUT2D eigenvalue weighted by molar-refractivity contribution is 1.01. The summed E-state index contributed by atoms with van der Waals surface area (Å²) in [5.74, 6) is 0. The number of nitrogens with zero attached hydrogens (tertiary/aromatic N) is 1. The third kappa shape index (κ3) is 3.67. The fourth-order valence-corrected chi connectivity index (χ4v) is 1.26. The van der Waals surface area contributed by atoms with Crippen LogP contribution in [0.4, 0.5) is 0 Å². The molecule has 0 unspecified atom stereocenters. The van der Waals surface area contributed by atoms with Crippen LogP contribution < -0.4 is 11.2 Å². The van der Waals surface area contributed by atoms with Crippen LogP contribution in [-0.4, -0.2) is 10.8 Å². The van der Waals surface area contributed by atoms with Crippen molar-refractivity contribution >= 4 is 23.0 Å². The van der Waals surface area contributed by atoms with Gasteiger partial charge in [-0.1, -0.05) is 36.8 Å². The maximum atomic E-state index is 5.31. The Balaban J connectivity index is 2.87. The van der Waals surface area contributed by atoms with Gasteiger partial charge in [-0.25, -0.2) is 0 Å². The average Bonchev–Trinajstić information content (AvgIpc) is 2.21. The molecule has 0 aliphatic carbocycles. The summed E-state index contributed by atoms with van der Waals surface area (Å²) in [7, 11) is 0. The fourth-order valence-electron chi connectivity index (χ4n) is 1.22. The Hall–Kier alpha value is -1.42. The fraction of sp³-hybridized carbons (Fsp3) is 0.273. The lowest BCUT2D eigenvalue weighted by Gasteiger charge is -2.04. The molecule has 0 atom stereocenters. The first-order valence-electron chi connectivity index (χ1n) is 4.82. The van der Waals surface area contributed by atoms with Crippen LogP contribution in [0.2, 0.25) is 0 Å². The smallest absolute Gasteiger partial charge is 0.184 e. The molecule has 80 valence electrons. The van der Waals surface area contributed by atoms with Gasteiger partial charge in [-0.05, 0) is 31.1 Å². The molecule has 0 bridgehead atoms. The van der Waals surface area contributed by atoms with Gasteiger partial charge < -0.3 is 5.73 Å². The number of benzene rings is 1. The van der Waals surface area contributed by atoms with E-state index in [-0.39, 0.29) is 5.11 Å². The summed E-state index contributed by atoms with van der Waals surface area (Å²) in [6, 6.07) is 8.19. The minimum absolute atomic E-state index is 0.188. The Morgan fingerprint density at radius 2 is 2.00 bits per heavy atom. The van der Waals surface area contributed by atoms with Gasteiger partial charge in [0, 0.05) is 0 Å². The number of hydrogen-bond donors (Lipinski definition) is 2. The van der Waals surface area contributed by atoms with Crippen LogP contribution in [0.15, 0.2) is 29.4 Å². The normalized spacial score (nSPS) is 11.2. The second-order valence-corrected chi connectivity index (χ2v) is 3.69. The number of nitrogens with one attached hydrogen (secondary N) is 1. The van der Waals surface area contributed by atoms with E-state index in [2.05, 4.69) is 29.6 Å². The third-order valence-corrected chi connectivity index (χ3v) is 2.11. The lowest BCUT2D eigenvalue weighted by atomic mass is 10.1. The number of aryl methyl sites for hydroxylation is 1. The first kappa shape index (κ1) is 11.7. The number of thiocarbonyl (C=S) groups is 1. The van der Waals surface area contributed by atoms with Crippen molar-refractivity contribution in [2.24, 2.45) is 10.8 Å². The molecule has 0 saturated carbocycles. The molecule has 3 nitrogen and oxygen atoms in total. The highest BCUT2D eigenvalue weighted by Gasteiger charge is 2.00. The molecule has 0 spiro atoms. The maximum absolute atomic E-state index is 5.31. The van der Waals surface area contributed by atoms with Crippen molar-refractivity contribution in [3.63, 3.8) is 0 Å². The van der Waals surface area contributed by atoms with Crippen LogP contribution >= 0.6 is 12.2 Å². The monoisotopic (exact) mass is 221 g/mol. The molecule has 1 rings (SSSR count). The molecule has 0 aliphatic heterocycles. The van der Waals surface area contributed by atoms with Crippen molar-refractivity contribution in [2.45, 2.75) is 20.3 Å². The van der Waals surface area contributed by atoms with Crippen molar-refractivity contribution in [3.8, 4) is 0 Å². The zero-order valence-corrected chi connectivity index (χ0v) is 9.77. The van der Waals surface area contributed by atoms with Gasteiger partial charge in [-0.3, -0.25) is 5.43 Å². The zero-order valence-electron chi connectivity index (χ0n) is 8.95. The van der Waals surface area contributed by atoms with Gasteiger partial charge in [-0.2, -0.15) is 5.10 Å². The van der Waals surface area contributed by atoms with Crippen molar-refractivity contribution < 1.29 is 0 Å². The van der Waals surface area contributed by atoms with E-state index in [0.717, 1.165) is 17.7 Å². The topological polar surface area (TPSA) is 50.4 Å². The van der Waals surface area contributed by atoms with Crippen LogP contribution in [0.5, 0.6) is 0 Å². The summed E-state index contributed by atoms with van der Waals surface area (Å²) in [5, 5.41) is 4.33. The van der Waals surface area contributed by atoms with E-state index in [1.165, 1.54) is 5.56 Å². The largest absolute Gasteiger partial charge is 0.375 e. The van der Waals surface area contributed by atoms with Gasteiger partial charge in [0.1, 0.15) is 0 Å². The van der Waals surface area contributed by atoms with E-state index >= 15 is 0 Å². The molecule has 1 aromatic carbocycles. The minimum Gasteiger partial charge on any atom is -0.375 e. The molecule has 0 aliphatic rings. The van der Waals surface area contributed by atoms with Gasteiger partial charge in [0.15, 0.2) is 5.11 Å². The molecule has 3 N–H and O–H groups in total. The predicted octanol–water partition coefficient (Wildman–Crippen LogP) is 1.94. The predicted molar refractivity (Wildman–Crippen MR) is 67.9 cm³/mol. The van der Waals surface area contributed by atoms with Crippen molar-refractivity contribution in [3.05, 3.63) is 35.4 Å². The molecule has 4 heteroatoms. The summed E-state index contributed by atoms with van der Waals surface area (Å²) in [6.07, 6.45) is 0.832. The van der Waals surface area contributed by atoms with Crippen LogP contribution in [0.1, 0.15) is 24.5 Å². The third-order valence-electron chi connectivity index (χ3n) is 2.02. The van der Waals surface area contributed by atoms with E-state index in [4.69, 9.17) is 18.0 Å². The van der Waals surface area contributed by atoms with Crippen molar-refractivity contribution in [1.29, 1.82) is 0 Å². The highest BCUT2D eigenvalue weighted by atomic mass is 32.1. The minimum atomic E-state index is 0.188. The molecule has 1 aromatic rings. The molecule has 0 aromatic heterocycles. The second-order valence-electron chi connectivity index (χ2n) is 3.25. The van der Waals surface area contributed by atoms with Gasteiger partial charge in [-0.15, -0.1) is 0 Å². The van der Waals surface area contributed by atoms with Crippen LogP contribution in [-0.2, 0) is 0 Å². The average molecular weight is 221 g/mol. The summed E-state index contributed by atoms with van der Waals surface area (Å²) in [5.41, 5.74) is 11.2. The quantitative estimate of drug-likeness (QED) is 0.466. The Morgan fingerprint density at radius 3 is 2.47 bits per heavy atom. The van der Waals surface area contributed by atoms with E-state index in [9.17, 15) is 0 Å². The van der Waals surface area contributed by atoms with E-state index in [1.54, 1.807) is 0 Å². The molecule has 0 fully saturated rings. The van der Waals surface area contributed by atoms with E-state index < -0.39 is 0 Å². The maximum Gasteiger partial charge on any atom is 0.184 e. The van der Waals surface area contributed by atoms with Crippen LogP contribution in [0, 0.1) is 6.92 Å². The summed E-state index contributed by atoms with van der Waals surface area (Å²) >= 11 is 4.69. The van der Waals surface area contributed by atoms with Crippen molar-refractivity contribution in [1.82, 2.24) is 5.43 Å². The Kier molecular flexibility index (Phi) is 4.24. The molecular formula is C11H15N3S. The highest BCUT2D eigenvalue weighted by molar-refractivity contribution is 7.80. The summed E-state index contributed by atoms with van der Waals surface area (Å²) < 4.78 is 0. The van der Waals surface area contributed by atoms with Gasteiger partial charge >= 0.3 is 0 Å². The standard InChI is InChI=1S/C11H15N3S/c1-3-10(13-14-11(12)15)9-6-4-8(2)5-7-9/h4-7H,3H2,1-2H3,(H3,12,14,15)/b13-10-. The van der Waals surface area contributed by atoms with E-state index in [0.29, 0.717) is 0 Å². The van der Waals surface area contributed by atoms with Gasteiger partial charge in [0.25, 0.3) is 0 Å². The first-order valence-corrected chi connectivity index (χ1v) is 5.23. The number of hydrogen-bond acceptors (Lipinski definition) is 2. The van der Waals surface area contributed by atoms with Crippen molar-refractivity contribution in [2.75, 3.05) is 0 Å². The molecule has 0 amide bonds. The Morgan fingerprint density at radius 1 is 1.40 bits per heavy atom. The highest BCUT2D eigenvalue weighted by Crippen LogP contribution is 2.06. The second kappa shape index (κ2) is 5.46. The Labute approximate surface area is 95.4 Å². The van der Waals surface area contributed by atoms with E-state index in [1.807, 2.05) is 19.1 Å². The number of nitrogens with two attached hydrogens (primary N) is 1. The molecular weight excluding hydrogens is 206 g/mol. The zero-order chi connectivity index (χ0) is 11.3. The lowest BCUT2D eigenvalue weighted by Crippen LogP contribution is -2.25.